The number of nitrogens with zero attached hydrogens (tertiary/aromatic N) is 1. The minimum Gasteiger partial charge on any atom is -0.494 e. The number of aromatic nitrogens is 1. The Morgan fingerprint density at radius 3 is 2.84 bits per heavy atom. The Kier molecular flexibility index (Phi) is 3.61. The Labute approximate surface area is 110 Å². The fourth-order valence-electron chi connectivity index (χ4n) is 1.49. The number of ether oxygens (including phenoxy) is 1. The Balaban J connectivity index is 2.20. The van der Waals surface area contributed by atoms with Gasteiger partial charge in [0.05, 0.1) is 11.8 Å². The van der Waals surface area contributed by atoms with Crippen LogP contribution in [0.2, 0.25) is 0 Å². The van der Waals surface area contributed by atoms with Gasteiger partial charge in [-0.15, -0.1) is 0 Å². The van der Waals surface area contributed by atoms with E-state index >= 15 is 0 Å². The van der Waals surface area contributed by atoms with Gasteiger partial charge < -0.3 is 10.1 Å². The highest BCUT2D eigenvalue weighted by molar-refractivity contribution is 7.22. The molecule has 1 aromatic heterocycles. The number of methoxy groups -OCH3 is 1. The molecule has 0 atom stereocenters. The topological polar surface area (TPSA) is 51.2 Å². The molecule has 8 heteroatoms. The van der Waals surface area contributed by atoms with Gasteiger partial charge in [0, 0.05) is 0 Å². The summed E-state index contributed by atoms with van der Waals surface area (Å²) in [6.07, 6.45) is -6.06. The van der Waals surface area contributed by atoms with Crippen LogP contribution in [0.5, 0.6) is 5.75 Å². The zero-order chi connectivity index (χ0) is 14.0. The van der Waals surface area contributed by atoms with Gasteiger partial charge in [0.15, 0.2) is 5.13 Å². The molecule has 19 heavy (non-hydrogen) atoms. The number of para-hydroxylation sites is 1. The number of carbonyl (C=O) groups is 1. The van der Waals surface area contributed by atoms with Crippen molar-refractivity contribution in [3.8, 4) is 5.75 Å². The highest BCUT2D eigenvalue weighted by Crippen LogP contribution is 2.32. The van der Waals surface area contributed by atoms with Crippen LogP contribution in [-0.4, -0.2) is 24.2 Å². The Bertz CT molecular complexity index is 609. The molecule has 4 nitrogen and oxygen atoms in total. The summed E-state index contributed by atoms with van der Waals surface area (Å²) in [5, 5.41) is 2.25. The maximum absolute atomic E-state index is 12.0. The number of fused-ring (bicyclic) bond motifs is 1. The van der Waals surface area contributed by atoms with Crippen molar-refractivity contribution in [2.24, 2.45) is 0 Å². The van der Waals surface area contributed by atoms with Gasteiger partial charge >= 0.3 is 6.18 Å². The third-order valence-corrected chi connectivity index (χ3v) is 3.15. The minimum absolute atomic E-state index is 0.119. The molecule has 2 aromatic rings. The van der Waals surface area contributed by atoms with Crippen molar-refractivity contribution >= 4 is 32.6 Å². The fourth-order valence-corrected chi connectivity index (χ4v) is 2.39. The first-order chi connectivity index (χ1) is 8.89. The van der Waals surface area contributed by atoms with E-state index in [2.05, 4.69) is 10.3 Å². The van der Waals surface area contributed by atoms with E-state index in [1.807, 2.05) is 0 Å². The Morgan fingerprint density at radius 1 is 1.47 bits per heavy atom. The van der Waals surface area contributed by atoms with E-state index in [-0.39, 0.29) is 5.13 Å². The largest absolute Gasteiger partial charge is 0.494 e. The van der Waals surface area contributed by atoms with Crippen molar-refractivity contribution < 1.29 is 22.7 Å². The minimum atomic E-state index is -4.53. The van der Waals surface area contributed by atoms with Gasteiger partial charge in [0.1, 0.15) is 17.7 Å². The summed E-state index contributed by atoms with van der Waals surface area (Å²) in [7, 11) is 1.47. The zero-order valence-electron chi connectivity index (χ0n) is 9.75. The standard InChI is InChI=1S/C11H9F3N2O2S/c1-18-6-3-2-4-7-9(6)16-10(19-7)15-8(17)5-11(12,13)14/h2-4H,5H2,1H3,(H,15,16,17). The summed E-state index contributed by atoms with van der Waals surface area (Å²) in [6.45, 7) is 0. The summed E-state index contributed by atoms with van der Waals surface area (Å²) in [4.78, 5) is 15.2. The van der Waals surface area contributed by atoms with Crippen LogP contribution in [0.3, 0.4) is 0 Å². The molecule has 0 saturated carbocycles. The maximum Gasteiger partial charge on any atom is 0.397 e. The van der Waals surface area contributed by atoms with Crippen LogP contribution in [0.25, 0.3) is 10.2 Å². The summed E-state index contributed by atoms with van der Waals surface area (Å²) in [5.74, 6) is -0.629. The molecular formula is C11H9F3N2O2S. The lowest BCUT2D eigenvalue weighted by atomic mass is 10.3. The Hall–Kier alpha value is -1.83. The molecule has 1 heterocycles. The van der Waals surface area contributed by atoms with Crippen LogP contribution < -0.4 is 10.1 Å². The first-order valence-corrected chi connectivity index (χ1v) is 6.01. The first-order valence-electron chi connectivity index (χ1n) is 5.19. The number of nitrogens with one attached hydrogen (secondary N) is 1. The second-order valence-electron chi connectivity index (χ2n) is 3.67. The first kappa shape index (κ1) is 13.6. The lowest BCUT2D eigenvalue weighted by Gasteiger charge is -2.04. The maximum atomic E-state index is 12.0. The molecule has 1 amide bonds. The quantitative estimate of drug-likeness (QED) is 0.944. The van der Waals surface area contributed by atoms with Crippen molar-refractivity contribution in [2.75, 3.05) is 12.4 Å². The van der Waals surface area contributed by atoms with Gasteiger partial charge in [0.2, 0.25) is 5.91 Å². The summed E-state index contributed by atoms with van der Waals surface area (Å²) in [5.41, 5.74) is 0.511. The number of halogens is 3. The molecule has 0 fully saturated rings. The van der Waals surface area contributed by atoms with Crippen molar-refractivity contribution in [1.29, 1.82) is 0 Å². The van der Waals surface area contributed by atoms with Crippen molar-refractivity contribution in [1.82, 2.24) is 4.98 Å². The molecule has 0 saturated heterocycles. The van der Waals surface area contributed by atoms with E-state index in [0.29, 0.717) is 11.3 Å². The van der Waals surface area contributed by atoms with Gasteiger partial charge in [-0.05, 0) is 12.1 Å². The van der Waals surface area contributed by atoms with Crippen LogP contribution in [-0.2, 0) is 4.79 Å². The molecule has 1 N–H and O–H groups in total. The second-order valence-corrected chi connectivity index (χ2v) is 4.70. The van der Waals surface area contributed by atoms with Gasteiger partial charge in [-0.2, -0.15) is 13.2 Å². The number of hydrogen-bond donors (Lipinski definition) is 1. The average molecular weight is 290 g/mol. The summed E-state index contributed by atoms with van der Waals surface area (Å²) < 4.78 is 41.9. The summed E-state index contributed by atoms with van der Waals surface area (Å²) >= 11 is 1.09. The number of anilines is 1. The van der Waals surface area contributed by atoms with Crippen molar-refractivity contribution in [2.45, 2.75) is 12.6 Å². The normalized spacial score (nSPS) is 11.6. The Morgan fingerprint density at radius 2 is 2.21 bits per heavy atom. The van der Waals surface area contributed by atoms with Gasteiger partial charge in [0.25, 0.3) is 0 Å². The van der Waals surface area contributed by atoms with Crippen molar-refractivity contribution in [3.63, 3.8) is 0 Å². The number of alkyl halides is 3. The molecule has 1 aromatic carbocycles. The molecule has 0 aliphatic rings. The number of carbonyl (C=O) groups excluding carboxylic acids is 1. The SMILES string of the molecule is COc1cccc2sc(NC(=O)CC(F)(F)F)nc12. The third-order valence-electron chi connectivity index (χ3n) is 2.21. The molecular weight excluding hydrogens is 281 g/mol. The van der Waals surface area contributed by atoms with Crippen LogP contribution in [0.1, 0.15) is 6.42 Å². The second kappa shape index (κ2) is 5.04. The molecule has 0 unspecified atom stereocenters. The molecule has 0 aliphatic carbocycles. The van der Waals surface area contributed by atoms with Crippen LogP contribution >= 0.6 is 11.3 Å². The lowest BCUT2D eigenvalue weighted by Crippen LogP contribution is -2.20. The smallest absolute Gasteiger partial charge is 0.397 e. The van der Waals surface area contributed by atoms with Crippen LogP contribution in [0, 0.1) is 0 Å². The molecule has 0 spiro atoms. The molecule has 2 rings (SSSR count). The van der Waals surface area contributed by atoms with E-state index < -0.39 is 18.5 Å². The molecule has 102 valence electrons. The van der Waals surface area contributed by atoms with Gasteiger partial charge in [-0.3, -0.25) is 4.79 Å². The third kappa shape index (κ3) is 3.34. The zero-order valence-corrected chi connectivity index (χ0v) is 10.6. The van der Waals surface area contributed by atoms with Crippen molar-refractivity contribution in [3.05, 3.63) is 18.2 Å². The highest BCUT2D eigenvalue weighted by Gasteiger charge is 2.31. The number of benzene rings is 1. The molecule has 0 aliphatic heterocycles. The van der Waals surface area contributed by atoms with E-state index in [1.54, 1.807) is 18.2 Å². The van der Waals surface area contributed by atoms with Crippen LogP contribution in [0.15, 0.2) is 18.2 Å². The fraction of sp³-hybridized carbons (Fsp3) is 0.273. The molecule has 0 radical (unpaired) electrons. The van der Waals surface area contributed by atoms with Crippen LogP contribution in [0.4, 0.5) is 18.3 Å². The highest BCUT2D eigenvalue weighted by atomic mass is 32.1. The van der Waals surface area contributed by atoms with E-state index in [0.717, 1.165) is 16.0 Å². The van der Waals surface area contributed by atoms with E-state index in [4.69, 9.17) is 4.74 Å². The van der Waals surface area contributed by atoms with Gasteiger partial charge in [-0.1, -0.05) is 17.4 Å². The predicted octanol–water partition coefficient (Wildman–Crippen LogP) is 3.20. The molecule has 0 bridgehead atoms. The van der Waals surface area contributed by atoms with E-state index in [1.165, 1.54) is 7.11 Å². The van der Waals surface area contributed by atoms with E-state index in [9.17, 15) is 18.0 Å². The number of hydrogen-bond acceptors (Lipinski definition) is 4. The predicted molar refractivity (Wildman–Crippen MR) is 65.5 cm³/mol. The monoisotopic (exact) mass is 290 g/mol. The number of thiazole rings is 1. The van der Waals surface area contributed by atoms with Gasteiger partial charge in [-0.25, -0.2) is 4.98 Å². The lowest BCUT2D eigenvalue weighted by molar-refractivity contribution is -0.150. The number of amides is 1. The number of rotatable bonds is 3. The summed E-state index contributed by atoms with van der Waals surface area (Å²) in [6, 6.07) is 5.17. The average Bonchev–Trinajstić information content (AvgIpc) is 2.67.